The highest BCUT2D eigenvalue weighted by atomic mass is 79.9. The van der Waals surface area contributed by atoms with Gasteiger partial charge >= 0.3 is 5.97 Å². The van der Waals surface area contributed by atoms with Crippen LogP contribution in [0.25, 0.3) is 10.9 Å². The maximum Gasteiger partial charge on any atom is 0.356 e. The predicted molar refractivity (Wildman–Crippen MR) is 118 cm³/mol. The molecule has 146 valence electrons. The van der Waals surface area contributed by atoms with Crippen LogP contribution in [0.4, 0.5) is 0 Å². The lowest BCUT2D eigenvalue weighted by Gasteiger charge is -2.16. The highest BCUT2D eigenvalue weighted by Gasteiger charge is 2.25. The van der Waals surface area contributed by atoms with Gasteiger partial charge in [-0.3, -0.25) is 0 Å². The minimum Gasteiger partial charge on any atom is -0.461 e. The molecule has 0 spiro atoms. The minimum absolute atomic E-state index is 0.190. The zero-order valence-corrected chi connectivity index (χ0v) is 19.9. The largest absolute Gasteiger partial charge is 0.461 e. The Balaban J connectivity index is 2.58. The molecule has 1 heterocycles. The first kappa shape index (κ1) is 22.3. The first-order valence-electron chi connectivity index (χ1n) is 8.57. The highest BCUT2D eigenvalue weighted by molar-refractivity contribution is 9.12. The molecule has 0 aliphatic heterocycles. The monoisotopic (exact) mass is 489 g/mol. The molecule has 0 saturated heterocycles. The molecule has 8 heteroatoms. The van der Waals surface area contributed by atoms with Gasteiger partial charge in [-0.25, -0.2) is 4.79 Å². The Hall–Kier alpha value is -0.973. The summed E-state index contributed by atoms with van der Waals surface area (Å²) in [4.78, 5) is 15.3. The van der Waals surface area contributed by atoms with Crippen molar-refractivity contribution in [1.29, 1.82) is 0 Å². The lowest BCUT2D eigenvalue weighted by Crippen LogP contribution is -2.22. The molecule has 4 nitrogen and oxygen atoms in total. The molecule has 1 aromatic carbocycles. The van der Waals surface area contributed by atoms with E-state index in [1.807, 2.05) is 0 Å². The fourth-order valence-corrected chi connectivity index (χ4v) is 4.18. The number of rotatable bonds is 7. The molecule has 0 bridgehead atoms. The number of esters is 1. The molecule has 0 aliphatic carbocycles. The van der Waals surface area contributed by atoms with Gasteiger partial charge in [0.2, 0.25) is 0 Å². The quantitative estimate of drug-likeness (QED) is 0.202. The summed E-state index contributed by atoms with van der Waals surface area (Å²) in [6.07, 6.45) is 0. The second-order valence-corrected chi connectivity index (χ2v) is 14.1. The summed E-state index contributed by atoms with van der Waals surface area (Å²) in [6, 6.07) is 4.42. The van der Waals surface area contributed by atoms with Crippen LogP contribution in [-0.2, 0) is 16.2 Å². The van der Waals surface area contributed by atoms with Gasteiger partial charge in [0.15, 0.2) is 0 Å². The summed E-state index contributed by atoms with van der Waals surface area (Å²) < 4.78 is 12.9. The van der Waals surface area contributed by atoms with Crippen molar-refractivity contribution >= 4 is 64.1 Å². The van der Waals surface area contributed by atoms with Crippen molar-refractivity contribution in [3.63, 3.8) is 0 Å². The molecule has 0 fully saturated rings. The van der Waals surface area contributed by atoms with Crippen LogP contribution < -0.4 is 0 Å². The Kier molecular flexibility index (Phi) is 7.84. The molecule has 0 unspecified atom stereocenters. The van der Waals surface area contributed by atoms with Gasteiger partial charge in [0.25, 0.3) is 0 Å². The zero-order valence-electron chi connectivity index (χ0n) is 15.8. The zero-order chi connectivity index (χ0) is 20.2. The van der Waals surface area contributed by atoms with Gasteiger partial charge in [0.05, 0.1) is 22.7 Å². The van der Waals surface area contributed by atoms with Gasteiger partial charge in [-0.05, 0) is 29.9 Å². The fraction of sp³-hybridized carbons (Fsp3) is 0.421. The third-order valence-corrected chi connectivity index (χ3v) is 6.36. The van der Waals surface area contributed by atoms with E-state index in [2.05, 4.69) is 46.3 Å². The lowest BCUT2D eigenvalue weighted by atomic mass is 10.1. The molecule has 2 aromatic rings. The fourth-order valence-electron chi connectivity index (χ4n) is 2.64. The van der Waals surface area contributed by atoms with Gasteiger partial charge < -0.3 is 14.0 Å². The molecule has 0 radical (unpaired) electrons. The lowest BCUT2D eigenvalue weighted by molar-refractivity contribution is 0.0477. The number of benzene rings is 1. The van der Waals surface area contributed by atoms with E-state index in [1.165, 1.54) is 0 Å². The molecule has 1 aromatic heterocycles. The van der Waals surface area contributed by atoms with Crippen molar-refractivity contribution < 1.29 is 14.3 Å². The van der Waals surface area contributed by atoms with Crippen molar-refractivity contribution in [3.05, 3.63) is 33.4 Å². The van der Waals surface area contributed by atoms with Crippen molar-refractivity contribution in [2.45, 2.75) is 39.3 Å². The summed E-state index contributed by atoms with van der Waals surface area (Å²) in [6.45, 7) is 9.68. The molecule has 0 saturated carbocycles. The number of fused-ring (bicyclic) bond motifs is 1. The van der Waals surface area contributed by atoms with E-state index in [0.29, 0.717) is 38.8 Å². The molecule has 0 N–H and O–H groups in total. The Labute approximate surface area is 179 Å². The van der Waals surface area contributed by atoms with Gasteiger partial charge in [-0.15, -0.1) is 0 Å². The van der Waals surface area contributed by atoms with Gasteiger partial charge in [0.1, 0.15) is 12.4 Å². The van der Waals surface area contributed by atoms with E-state index in [9.17, 15) is 4.79 Å². The van der Waals surface area contributed by atoms with E-state index in [0.717, 1.165) is 6.04 Å². The van der Waals surface area contributed by atoms with E-state index in [4.69, 9.17) is 32.7 Å². The van der Waals surface area contributed by atoms with Crippen LogP contribution in [0.3, 0.4) is 0 Å². The molecule has 27 heavy (non-hydrogen) atoms. The molecule has 0 atom stereocenters. The summed E-state index contributed by atoms with van der Waals surface area (Å²) in [5, 5.41) is 1.56. The minimum atomic E-state index is -1.22. The van der Waals surface area contributed by atoms with Crippen LogP contribution in [0, 0.1) is 10.8 Å². The molecular weight excluding hydrogens is 469 g/mol. The van der Waals surface area contributed by atoms with E-state index >= 15 is 0 Å². The maximum atomic E-state index is 12.7. The van der Waals surface area contributed by atoms with E-state index in [-0.39, 0.29) is 13.3 Å². The summed E-state index contributed by atoms with van der Waals surface area (Å²) in [7, 11) is -1.22. The van der Waals surface area contributed by atoms with Gasteiger partial charge in [-0.2, -0.15) is 0 Å². The topological polar surface area (TPSA) is 40.5 Å². The number of carbonyl (C=O) groups is 1. The van der Waals surface area contributed by atoms with Gasteiger partial charge in [0, 0.05) is 41.0 Å². The Morgan fingerprint density at radius 2 is 2.00 bits per heavy atom. The number of nitrogens with zero attached hydrogens (tertiary/aromatic N) is 1. The number of aromatic nitrogens is 1. The van der Waals surface area contributed by atoms with E-state index < -0.39 is 14.0 Å². The van der Waals surface area contributed by atoms with Crippen molar-refractivity contribution in [3.8, 4) is 10.8 Å². The second-order valence-electron chi connectivity index (χ2n) is 7.22. The highest BCUT2D eigenvalue weighted by Crippen LogP contribution is 2.35. The number of carbonyl (C=O) groups excluding carboxylic acids is 1. The summed E-state index contributed by atoms with van der Waals surface area (Å²) in [5.41, 5.74) is 1.50. The number of hydrogen-bond acceptors (Lipinski definition) is 3. The third kappa shape index (κ3) is 5.52. The van der Waals surface area contributed by atoms with Gasteiger partial charge in [-0.1, -0.05) is 48.8 Å². The smallest absolute Gasteiger partial charge is 0.356 e. The normalized spacial score (nSPS) is 11.4. The van der Waals surface area contributed by atoms with E-state index in [1.54, 1.807) is 23.6 Å². The standard InChI is InChI=1S/C19H22BrCl2NO3Si/c1-5-26-19(24)18-14(6-7-20)17-15(22)10-13(21)11-16(17)23(18)12-25-8-9-27(2,3)4/h10-11H,5,8-9,12H2,1-4H3. The number of halogens is 3. The average molecular weight is 491 g/mol. The first-order chi connectivity index (χ1) is 12.7. The van der Waals surface area contributed by atoms with Crippen LogP contribution >= 0.6 is 39.1 Å². The van der Waals surface area contributed by atoms with Crippen LogP contribution in [0.2, 0.25) is 35.7 Å². The van der Waals surface area contributed by atoms with Crippen molar-refractivity contribution in [2.75, 3.05) is 13.2 Å². The second kappa shape index (κ2) is 9.49. The molecular formula is C19H22BrCl2NO3Si. The molecule has 0 amide bonds. The first-order valence-corrected chi connectivity index (χ1v) is 13.8. The average Bonchev–Trinajstić information content (AvgIpc) is 2.85. The van der Waals surface area contributed by atoms with Crippen LogP contribution in [0.5, 0.6) is 0 Å². The number of hydrogen-bond donors (Lipinski definition) is 0. The Morgan fingerprint density at radius 1 is 1.30 bits per heavy atom. The Morgan fingerprint density at radius 3 is 2.59 bits per heavy atom. The van der Waals surface area contributed by atoms with Crippen LogP contribution in [0.1, 0.15) is 23.0 Å². The van der Waals surface area contributed by atoms with Crippen LogP contribution in [-0.4, -0.2) is 31.8 Å². The molecule has 0 aliphatic rings. The summed E-state index contributed by atoms with van der Waals surface area (Å²) >= 11 is 15.7. The van der Waals surface area contributed by atoms with Crippen molar-refractivity contribution in [1.82, 2.24) is 4.57 Å². The Bertz CT molecular complexity index is 910. The SMILES string of the molecule is CCOC(=O)c1c(C#CBr)c2c(Cl)cc(Cl)cc2n1COCC[Si](C)(C)C. The van der Waals surface area contributed by atoms with Crippen LogP contribution in [0.15, 0.2) is 12.1 Å². The van der Waals surface area contributed by atoms with Crippen molar-refractivity contribution in [2.24, 2.45) is 0 Å². The third-order valence-electron chi connectivity index (χ3n) is 3.94. The maximum absolute atomic E-state index is 12.7. The number of ether oxygens (including phenoxy) is 2. The predicted octanol–water partition coefficient (Wildman–Crippen LogP) is 6.14. The molecule has 2 rings (SSSR count). The summed E-state index contributed by atoms with van der Waals surface area (Å²) in [5.74, 6) is 2.45.